The lowest BCUT2D eigenvalue weighted by Gasteiger charge is -2.06. The van der Waals surface area contributed by atoms with Crippen molar-refractivity contribution in [3.63, 3.8) is 0 Å². The third-order valence-electron chi connectivity index (χ3n) is 3.38. The van der Waals surface area contributed by atoms with Gasteiger partial charge in [-0.1, -0.05) is 0 Å². The summed E-state index contributed by atoms with van der Waals surface area (Å²) in [6.07, 6.45) is 3.37. The molecule has 0 radical (unpaired) electrons. The van der Waals surface area contributed by atoms with Crippen molar-refractivity contribution in [3.05, 3.63) is 40.1 Å². The molecule has 1 aromatic heterocycles. The summed E-state index contributed by atoms with van der Waals surface area (Å²) < 4.78 is 5.12. The molecule has 0 amide bonds. The highest BCUT2D eigenvalue weighted by Gasteiger charge is 2.24. The van der Waals surface area contributed by atoms with Gasteiger partial charge in [0.1, 0.15) is 11.3 Å². The number of carbonyl (C=O) groups is 1. The number of nitro groups is 1. The number of aromatic hydroxyl groups is 1. The van der Waals surface area contributed by atoms with Crippen LogP contribution in [-0.2, 0) is 4.74 Å². The third-order valence-corrected chi connectivity index (χ3v) is 3.38. The first-order valence-electron chi connectivity index (χ1n) is 6.49. The summed E-state index contributed by atoms with van der Waals surface area (Å²) in [4.78, 5) is 26.3. The van der Waals surface area contributed by atoms with Gasteiger partial charge < -0.3 is 9.84 Å². The first-order chi connectivity index (χ1) is 10.1. The number of pyridine rings is 1. The number of fused-ring (bicyclic) bond motifs is 1. The Morgan fingerprint density at radius 3 is 2.90 bits per heavy atom. The molecule has 0 unspecified atom stereocenters. The fourth-order valence-electron chi connectivity index (χ4n) is 2.02. The normalized spacial score (nSPS) is 14.1. The second kappa shape index (κ2) is 5.01. The molecule has 7 heteroatoms. The predicted molar refractivity (Wildman–Crippen MR) is 73.1 cm³/mol. The molecule has 0 spiro atoms. The van der Waals surface area contributed by atoms with E-state index in [2.05, 4.69) is 4.98 Å². The number of nitrogens with zero attached hydrogens (tertiary/aromatic N) is 2. The standard InChI is InChI=1S/C14H12N2O5/c17-12-4-3-11(16(19)20)10-5-9(6-15-13(10)12)14(18)21-7-8-1-2-8/h3-6,8,17H,1-2,7H2. The molecule has 1 N–H and O–H groups in total. The summed E-state index contributed by atoms with van der Waals surface area (Å²) in [6.45, 7) is 0.360. The van der Waals surface area contributed by atoms with E-state index >= 15 is 0 Å². The molecule has 0 aliphatic heterocycles. The van der Waals surface area contributed by atoms with Crippen LogP contribution in [0.4, 0.5) is 5.69 Å². The summed E-state index contributed by atoms with van der Waals surface area (Å²) in [6, 6.07) is 3.71. The lowest BCUT2D eigenvalue weighted by Crippen LogP contribution is -2.08. The van der Waals surface area contributed by atoms with Crippen LogP contribution in [-0.4, -0.2) is 27.6 Å². The maximum Gasteiger partial charge on any atom is 0.339 e. The van der Waals surface area contributed by atoms with E-state index in [4.69, 9.17) is 4.74 Å². The Bertz CT molecular complexity index is 739. The van der Waals surface area contributed by atoms with Crippen LogP contribution >= 0.6 is 0 Å². The Labute approximate surface area is 119 Å². The number of hydrogen-bond donors (Lipinski definition) is 1. The molecular formula is C14H12N2O5. The fourth-order valence-corrected chi connectivity index (χ4v) is 2.02. The molecule has 3 rings (SSSR count). The van der Waals surface area contributed by atoms with Crippen molar-refractivity contribution in [2.24, 2.45) is 5.92 Å². The van der Waals surface area contributed by atoms with E-state index in [0.29, 0.717) is 12.5 Å². The fraction of sp³-hybridized carbons (Fsp3) is 0.286. The highest BCUT2D eigenvalue weighted by molar-refractivity contribution is 5.98. The van der Waals surface area contributed by atoms with Crippen LogP contribution in [0.2, 0.25) is 0 Å². The zero-order chi connectivity index (χ0) is 15.0. The van der Waals surface area contributed by atoms with Crippen LogP contribution in [0.25, 0.3) is 10.9 Å². The van der Waals surface area contributed by atoms with E-state index in [1.807, 2.05) is 0 Å². The van der Waals surface area contributed by atoms with Gasteiger partial charge in [-0.3, -0.25) is 15.1 Å². The zero-order valence-electron chi connectivity index (χ0n) is 11.0. The lowest BCUT2D eigenvalue weighted by molar-refractivity contribution is -0.383. The van der Waals surface area contributed by atoms with Crippen LogP contribution < -0.4 is 0 Å². The molecule has 1 fully saturated rings. The Morgan fingerprint density at radius 1 is 1.48 bits per heavy atom. The molecular weight excluding hydrogens is 276 g/mol. The minimum Gasteiger partial charge on any atom is -0.506 e. The van der Waals surface area contributed by atoms with Crippen LogP contribution in [0.15, 0.2) is 24.4 Å². The maximum atomic E-state index is 11.9. The number of esters is 1. The quantitative estimate of drug-likeness (QED) is 0.526. The Balaban J connectivity index is 1.99. The lowest BCUT2D eigenvalue weighted by atomic mass is 10.1. The highest BCUT2D eigenvalue weighted by Crippen LogP contribution is 2.32. The highest BCUT2D eigenvalue weighted by atomic mass is 16.6. The Hall–Kier alpha value is -2.70. The van der Waals surface area contributed by atoms with Gasteiger partial charge in [-0.2, -0.15) is 0 Å². The third kappa shape index (κ3) is 2.62. The Kier molecular flexibility index (Phi) is 3.17. The molecule has 1 saturated carbocycles. The minimum absolute atomic E-state index is 0.0861. The molecule has 0 saturated heterocycles. The van der Waals surface area contributed by atoms with Gasteiger partial charge in [-0.05, 0) is 30.9 Å². The number of non-ortho nitro benzene ring substituents is 1. The second-order valence-electron chi connectivity index (χ2n) is 5.02. The molecule has 1 aromatic carbocycles. The molecule has 0 atom stereocenters. The van der Waals surface area contributed by atoms with Gasteiger partial charge in [-0.25, -0.2) is 4.79 Å². The molecule has 108 valence electrons. The second-order valence-corrected chi connectivity index (χ2v) is 5.02. The van der Waals surface area contributed by atoms with Crippen LogP contribution in [0, 0.1) is 16.0 Å². The van der Waals surface area contributed by atoms with Crippen molar-refractivity contribution >= 4 is 22.6 Å². The number of phenolic OH excluding ortho intramolecular Hbond substituents is 1. The summed E-state index contributed by atoms with van der Waals surface area (Å²) >= 11 is 0. The van der Waals surface area contributed by atoms with Gasteiger partial charge >= 0.3 is 5.97 Å². The number of ether oxygens (including phenoxy) is 1. The SMILES string of the molecule is O=C(OCC1CC1)c1cnc2c(O)ccc([N+](=O)[O-])c2c1. The minimum atomic E-state index is -0.581. The monoisotopic (exact) mass is 288 g/mol. The summed E-state index contributed by atoms with van der Waals surface area (Å²) in [5.74, 6) is -0.303. The van der Waals surface area contributed by atoms with Crippen molar-refractivity contribution in [2.45, 2.75) is 12.8 Å². The van der Waals surface area contributed by atoms with E-state index < -0.39 is 10.9 Å². The molecule has 0 bridgehead atoms. The average Bonchev–Trinajstić information content (AvgIpc) is 3.28. The van der Waals surface area contributed by atoms with Crippen LogP contribution in [0.3, 0.4) is 0 Å². The number of benzene rings is 1. The van der Waals surface area contributed by atoms with Crippen molar-refractivity contribution in [2.75, 3.05) is 6.61 Å². The number of carbonyl (C=O) groups excluding carboxylic acids is 1. The smallest absolute Gasteiger partial charge is 0.339 e. The van der Waals surface area contributed by atoms with E-state index in [9.17, 15) is 20.0 Å². The predicted octanol–water partition coefficient (Wildman–Crippen LogP) is 2.42. The first kappa shape index (κ1) is 13.3. The van der Waals surface area contributed by atoms with Crippen LogP contribution in [0.1, 0.15) is 23.2 Å². The van der Waals surface area contributed by atoms with Gasteiger partial charge in [0.05, 0.1) is 22.5 Å². The zero-order valence-corrected chi connectivity index (χ0v) is 11.0. The van der Waals surface area contributed by atoms with E-state index in [1.165, 1.54) is 24.4 Å². The summed E-state index contributed by atoms with van der Waals surface area (Å²) in [5, 5.41) is 20.8. The topological polar surface area (TPSA) is 103 Å². The van der Waals surface area contributed by atoms with Crippen molar-refractivity contribution in [1.82, 2.24) is 4.98 Å². The number of aromatic nitrogens is 1. The maximum absolute atomic E-state index is 11.9. The number of rotatable bonds is 4. The van der Waals surface area contributed by atoms with Crippen molar-refractivity contribution in [3.8, 4) is 5.75 Å². The summed E-state index contributed by atoms with van der Waals surface area (Å²) in [7, 11) is 0. The molecule has 7 nitrogen and oxygen atoms in total. The van der Waals surface area contributed by atoms with Gasteiger partial charge in [0.25, 0.3) is 5.69 Å². The van der Waals surface area contributed by atoms with E-state index in [0.717, 1.165) is 12.8 Å². The number of phenols is 1. The van der Waals surface area contributed by atoms with Gasteiger partial charge in [-0.15, -0.1) is 0 Å². The molecule has 1 heterocycles. The average molecular weight is 288 g/mol. The molecule has 1 aliphatic rings. The van der Waals surface area contributed by atoms with Gasteiger partial charge in [0.2, 0.25) is 0 Å². The summed E-state index contributed by atoms with van der Waals surface area (Å²) in [5.41, 5.74) is 0.00642. The molecule has 2 aromatic rings. The van der Waals surface area contributed by atoms with Crippen LogP contribution in [0.5, 0.6) is 5.75 Å². The van der Waals surface area contributed by atoms with Gasteiger partial charge in [0, 0.05) is 12.3 Å². The van der Waals surface area contributed by atoms with Crippen molar-refractivity contribution < 1.29 is 19.6 Å². The molecule has 1 aliphatic carbocycles. The Morgan fingerprint density at radius 2 is 2.24 bits per heavy atom. The van der Waals surface area contributed by atoms with E-state index in [-0.39, 0.29) is 27.9 Å². The first-order valence-corrected chi connectivity index (χ1v) is 6.49. The van der Waals surface area contributed by atoms with E-state index in [1.54, 1.807) is 0 Å². The van der Waals surface area contributed by atoms with Gasteiger partial charge in [0.15, 0.2) is 0 Å². The largest absolute Gasteiger partial charge is 0.506 e. The van der Waals surface area contributed by atoms with Crippen molar-refractivity contribution in [1.29, 1.82) is 0 Å². The number of hydrogen-bond acceptors (Lipinski definition) is 6. The molecule has 21 heavy (non-hydrogen) atoms. The number of nitro benzene ring substituents is 1.